The maximum Gasteiger partial charge on any atom is 0.422 e. The Morgan fingerprint density at radius 3 is 2.42 bits per heavy atom. The average molecular weight is 374 g/mol. The second-order valence-corrected chi connectivity index (χ2v) is 7.47. The Labute approximate surface area is 155 Å². The monoisotopic (exact) mass is 373 g/mol. The van der Waals surface area contributed by atoms with Crippen molar-refractivity contribution < 1.29 is 9.15 Å². The third-order valence-electron chi connectivity index (χ3n) is 4.18. The molecule has 0 radical (unpaired) electrons. The van der Waals surface area contributed by atoms with E-state index in [4.69, 9.17) is 20.8 Å². The molecule has 0 bridgehead atoms. The summed E-state index contributed by atoms with van der Waals surface area (Å²) in [5.41, 5.74) is 0.955. The van der Waals surface area contributed by atoms with Crippen molar-refractivity contribution in [3.05, 3.63) is 74.0 Å². The van der Waals surface area contributed by atoms with Crippen molar-refractivity contribution in [2.75, 3.05) is 6.61 Å². The summed E-state index contributed by atoms with van der Waals surface area (Å²) in [4.78, 5) is 23.9. The number of benzene rings is 2. The number of halogens is 1. The van der Waals surface area contributed by atoms with Crippen LogP contribution >= 0.6 is 11.6 Å². The number of rotatable bonds is 4. The van der Waals surface area contributed by atoms with Crippen molar-refractivity contribution in [1.29, 1.82) is 0 Å². The highest BCUT2D eigenvalue weighted by Gasteiger charge is 2.14. The second kappa shape index (κ2) is 7.00. The lowest BCUT2D eigenvalue weighted by Crippen LogP contribution is -2.27. The Morgan fingerprint density at radius 1 is 1.08 bits per heavy atom. The summed E-state index contributed by atoms with van der Waals surface area (Å²) in [6.07, 6.45) is 0. The smallest absolute Gasteiger partial charge is 0.422 e. The van der Waals surface area contributed by atoms with Crippen molar-refractivity contribution in [3.63, 3.8) is 0 Å². The quantitative estimate of drug-likeness (QED) is 0.693. The van der Waals surface area contributed by atoms with Crippen LogP contribution in [0.1, 0.15) is 26.3 Å². The van der Waals surface area contributed by atoms with Gasteiger partial charge in [-0.15, -0.1) is 0 Å². The van der Waals surface area contributed by atoms with Crippen LogP contribution < -0.4 is 16.1 Å². The van der Waals surface area contributed by atoms with Gasteiger partial charge in [0.1, 0.15) is 12.4 Å². The van der Waals surface area contributed by atoms with Gasteiger partial charge in [0.25, 0.3) is 0 Å². The standard InChI is InChI=1S/C20H20ClNO4/c1-20(2,3)13-7-9-14(10-8-13)25-12-11-22-17-15(5-4-6-16(17)21)18(23)26-19(22)24/h4-10H,11-12H2,1-3H3. The van der Waals surface area contributed by atoms with Gasteiger partial charge < -0.3 is 9.15 Å². The summed E-state index contributed by atoms with van der Waals surface area (Å²) in [5, 5.41) is 0.591. The van der Waals surface area contributed by atoms with Crippen LogP contribution in [0.4, 0.5) is 0 Å². The summed E-state index contributed by atoms with van der Waals surface area (Å²) in [6, 6.07) is 12.7. The molecule has 3 rings (SSSR count). The highest BCUT2D eigenvalue weighted by Crippen LogP contribution is 2.24. The largest absolute Gasteiger partial charge is 0.492 e. The van der Waals surface area contributed by atoms with Crippen molar-refractivity contribution in [2.24, 2.45) is 0 Å². The molecule has 0 unspecified atom stereocenters. The number of nitrogens with zero attached hydrogens (tertiary/aromatic N) is 1. The first-order chi connectivity index (χ1) is 12.3. The van der Waals surface area contributed by atoms with E-state index in [2.05, 4.69) is 20.8 Å². The van der Waals surface area contributed by atoms with Gasteiger partial charge >= 0.3 is 11.4 Å². The molecule has 3 aromatic rings. The Balaban J connectivity index is 1.81. The molecular formula is C20H20ClNO4. The highest BCUT2D eigenvalue weighted by atomic mass is 35.5. The number of aromatic nitrogens is 1. The van der Waals surface area contributed by atoms with Gasteiger partial charge in [-0.25, -0.2) is 9.59 Å². The Morgan fingerprint density at radius 2 is 1.77 bits per heavy atom. The van der Waals surface area contributed by atoms with E-state index < -0.39 is 11.4 Å². The zero-order valence-electron chi connectivity index (χ0n) is 14.9. The second-order valence-electron chi connectivity index (χ2n) is 7.07. The van der Waals surface area contributed by atoms with Crippen molar-refractivity contribution >= 4 is 22.5 Å². The molecule has 0 amide bonds. The number of ether oxygens (including phenoxy) is 1. The van der Waals surface area contributed by atoms with Gasteiger partial charge in [-0.1, -0.05) is 50.6 Å². The first-order valence-corrected chi connectivity index (χ1v) is 8.71. The minimum Gasteiger partial charge on any atom is -0.492 e. The molecule has 0 spiro atoms. The van der Waals surface area contributed by atoms with E-state index in [1.54, 1.807) is 18.2 Å². The predicted molar refractivity (Wildman–Crippen MR) is 102 cm³/mol. The lowest BCUT2D eigenvalue weighted by molar-refractivity contribution is 0.287. The zero-order valence-corrected chi connectivity index (χ0v) is 15.7. The van der Waals surface area contributed by atoms with Crippen LogP contribution in [0.2, 0.25) is 5.02 Å². The molecule has 1 heterocycles. The summed E-state index contributed by atoms with van der Waals surface area (Å²) < 4.78 is 11.8. The van der Waals surface area contributed by atoms with Gasteiger partial charge in [-0.3, -0.25) is 4.57 Å². The maximum atomic E-state index is 12.1. The van der Waals surface area contributed by atoms with Gasteiger partial charge in [0, 0.05) is 0 Å². The summed E-state index contributed by atoms with van der Waals surface area (Å²) >= 11 is 6.18. The molecule has 0 aliphatic rings. The van der Waals surface area contributed by atoms with E-state index in [-0.39, 0.29) is 24.0 Å². The molecule has 0 fully saturated rings. The van der Waals surface area contributed by atoms with Crippen LogP contribution in [0, 0.1) is 0 Å². The molecule has 0 saturated heterocycles. The Hall–Kier alpha value is -2.53. The lowest BCUT2D eigenvalue weighted by atomic mass is 9.87. The van der Waals surface area contributed by atoms with E-state index in [1.807, 2.05) is 24.3 Å². The van der Waals surface area contributed by atoms with E-state index in [0.29, 0.717) is 16.3 Å². The van der Waals surface area contributed by atoms with Crippen LogP contribution in [0.3, 0.4) is 0 Å². The molecule has 0 aliphatic carbocycles. The molecule has 26 heavy (non-hydrogen) atoms. The Bertz CT molecular complexity index is 1040. The highest BCUT2D eigenvalue weighted by molar-refractivity contribution is 6.35. The number of hydrogen-bond acceptors (Lipinski definition) is 4. The van der Waals surface area contributed by atoms with Gasteiger partial charge in [-0.05, 0) is 35.2 Å². The summed E-state index contributed by atoms with van der Waals surface area (Å²) in [5.74, 6) is -0.0406. The molecule has 2 aromatic carbocycles. The van der Waals surface area contributed by atoms with Gasteiger partial charge in [0.2, 0.25) is 0 Å². The van der Waals surface area contributed by atoms with Crippen LogP contribution in [0.15, 0.2) is 56.5 Å². The molecule has 6 heteroatoms. The molecule has 0 N–H and O–H groups in total. The molecule has 136 valence electrons. The molecule has 0 saturated carbocycles. The number of para-hydroxylation sites is 1. The van der Waals surface area contributed by atoms with E-state index >= 15 is 0 Å². The third-order valence-corrected chi connectivity index (χ3v) is 4.49. The predicted octanol–water partition coefficient (Wildman–Crippen LogP) is 3.98. The number of hydrogen-bond donors (Lipinski definition) is 0. The van der Waals surface area contributed by atoms with E-state index in [1.165, 1.54) is 10.1 Å². The first kappa shape index (κ1) is 18.3. The van der Waals surface area contributed by atoms with Crippen LogP contribution in [0.5, 0.6) is 5.75 Å². The Kier molecular flexibility index (Phi) is 4.92. The fourth-order valence-electron chi connectivity index (χ4n) is 2.74. The summed E-state index contributed by atoms with van der Waals surface area (Å²) in [7, 11) is 0. The minimum atomic E-state index is -0.748. The van der Waals surface area contributed by atoms with E-state index in [0.717, 1.165) is 0 Å². The fourth-order valence-corrected chi connectivity index (χ4v) is 3.02. The van der Waals surface area contributed by atoms with Crippen LogP contribution in [-0.4, -0.2) is 11.2 Å². The van der Waals surface area contributed by atoms with Gasteiger partial charge in [0.15, 0.2) is 0 Å². The number of fused-ring (bicyclic) bond motifs is 1. The first-order valence-electron chi connectivity index (χ1n) is 8.33. The molecular weight excluding hydrogens is 354 g/mol. The van der Waals surface area contributed by atoms with Gasteiger partial charge in [0.05, 0.1) is 22.5 Å². The zero-order chi connectivity index (χ0) is 18.9. The normalized spacial score (nSPS) is 11.7. The molecule has 0 aliphatic heterocycles. The van der Waals surface area contributed by atoms with Crippen molar-refractivity contribution in [1.82, 2.24) is 4.57 Å². The van der Waals surface area contributed by atoms with Crippen molar-refractivity contribution in [2.45, 2.75) is 32.7 Å². The third kappa shape index (κ3) is 3.68. The minimum absolute atomic E-state index is 0.0725. The molecule has 1 aromatic heterocycles. The lowest BCUT2D eigenvalue weighted by Gasteiger charge is -2.19. The van der Waals surface area contributed by atoms with E-state index in [9.17, 15) is 9.59 Å². The van der Waals surface area contributed by atoms with Crippen molar-refractivity contribution in [3.8, 4) is 5.75 Å². The van der Waals surface area contributed by atoms with Crippen LogP contribution in [0.25, 0.3) is 10.9 Å². The molecule has 5 nitrogen and oxygen atoms in total. The van der Waals surface area contributed by atoms with Gasteiger partial charge in [-0.2, -0.15) is 0 Å². The SMILES string of the molecule is CC(C)(C)c1ccc(OCCn2c(=O)oc(=O)c3cccc(Cl)c32)cc1. The van der Waals surface area contributed by atoms with Crippen LogP contribution in [-0.2, 0) is 12.0 Å². The maximum absolute atomic E-state index is 12.1. The topological polar surface area (TPSA) is 61.4 Å². The fraction of sp³-hybridized carbons (Fsp3) is 0.300. The average Bonchev–Trinajstić information content (AvgIpc) is 2.58. The summed E-state index contributed by atoms with van der Waals surface area (Å²) in [6.45, 7) is 6.89. The molecule has 0 atom stereocenters.